The van der Waals surface area contributed by atoms with Crippen LogP contribution in [0.5, 0.6) is 0 Å². The minimum Gasteiger partial charge on any atom is -0.368 e. The largest absolute Gasteiger partial charge is 0.368 e. The molecule has 0 bridgehead atoms. The van der Waals surface area contributed by atoms with Crippen molar-refractivity contribution in [3.8, 4) is 0 Å². The van der Waals surface area contributed by atoms with Crippen molar-refractivity contribution >= 4 is 28.1 Å². The van der Waals surface area contributed by atoms with Gasteiger partial charge in [0.2, 0.25) is 5.91 Å². The number of rotatable bonds is 3. The Morgan fingerprint density at radius 2 is 2.23 bits per heavy atom. The lowest BCUT2D eigenvalue weighted by Gasteiger charge is -1.95. The molecule has 0 atom stereocenters. The molecule has 0 fully saturated rings. The van der Waals surface area contributed by atoms with Crippen LogP contribution in [0.1, 0.15) is 5.56 Å². The molecule has 2 N–H and O–H groups in total. The van der Waals surface area contributed by atoms with Crippen LogP contribution in [0.15, 0.2) is 33.7 Å². The molecule has 1 amide bonds. The van der Waals surface area contributed by atoms with Crippen LogP contribution in [0.25, 0.3) is 0 Å². The Kier molecular flexibility index (Phi) is 3.64. The topological polar surface area (TPSA) is 55.5 Å². The van der Waals surface area contributed by atoms with Crippen LogP contribution in [0.3, 0.4) is 0 Å². The summed E-state index contributed by atoms with van der Waals surface area (Å²) in [5.41, 5.74) is 5.86. The molecule has 0 aliphatic rings. The van der Waals surface area contributed by atoms with E-state index in [1.807, 2.05) is 24.3 Å². The molecule has 0 radical (unpaired) electrons. The summed E-state index contributed by atoms with van der Waals surface area (Å²) in [4.78, 5) is 14.2. The second-order valence-electron chi connectivity index (χ2n) is 2.46. The van der Waals surface area contributed by atoms with E-state index in [4.69, 9.17) is 5.73 Å². The molecule has 3 nitrogen and oxygen atoms in total. The van der Waals surface area contributed by atoms with E-state index >= 15 is 0 Å². The van der Waals surface area contributed by atoms with Crippen molar-refractivity contribution in [1.82, 2.24) is 0 Å². The zero-order valence-electron chi connectivity index (χ0n) is 6.90. The van der Waals surface area contributed by atoms with Gasteiger partial charge in [0.25, 0.3) is 0 Å². The van der Waals surface area contributed by atoms with E-state index in [1.54, 1.807) is 6.21 Å². The fourth-order valence-corrected chi connectivity index (χ4v) is 1.20. The third-order valence-electron chi connectivity index (χ3n) is 1.38. The highest BCUT2D eigenvalue weighted by Crippen LogP contribution is 2.13. The molecule has 0 unspecified atom stereocenters. The third-order valence-corrected chi connectivity index (χ3v) is 2.10. The van der Waals surface area contributed by atoms with E-state index in [-0.39, 0.29) is 6.54 Å². The summed E-state index contributed by atoms with van der Waals surface area (Å²) in [5, 5.41) is 0. The SMILES string of the molecule is NC(=O)CN=Cc1ccccc1Br. The van der Waals surface area contributed by atoms with Crippen molar-refractivity contribution < 1.29 is 4.79 Å². The van der Waals surface area contributed by atoms with E-state index in [1.165, 1.54) is 0 Å². The molecule has 1 rings (SSSR count). The standard InChI is InChI=1S/C9H9BrN2O/c10-8-4-2-1-3-7(8)5-12-6-9(11)13/h1-5H,6H2,(H2,11,13). The second kappa shape index (κ2) is 4.77. The normalized spacial score (nSPS) is 10.5. The maximum atomic E-state index is 10.4. The smallest absolute Gasteiger partial charge is 0.239 e. The lowest BCUT2D eigenvalue weighted by molar-refractivity contribution is -0.116. The average molecular weight is 241 g/mol. The Labute approximate surface area is 84.8 Å². The maximum Gasteiger partial charge on any atom is 0.239 e. The van der Waals surface area contributed by atoms with Crippen LogP contribution in [0, 0.1) is 0 Å². The molecule has 0 saturated carbocycles. The number of aliphatic imine (C=N–C) groups is 1. The highest BCUT2D eigenvalue weighted by Gasteiger charge is 1.93. The van der Waals surface area contributed by atoms with Gasteiger partial charge in [0.05, 0.1) is 0 Å². The van der Waals surface area contributed by atoms with Gasteiger partial charge in [0, 0.05) is 16.3 Å². The number of benzene rings is 1. The zero-order chi connectivity index (χ0) is 9.68. The number of carbonyl (C=O) groups is 1. The van der Waals surface area contributed by atoms with Crippen molar-refractivity contribution in [2.24, 2.45) is 10.7 Å². The summed E-state index contributed by atoms with van der Waals surface area (Å²) in [6.45, 7) is 0.0291. The first-order valence-electron chi connectivity index (χ1n) is 3.73. The van der Waals surface area contributed by atoms with Gasteiger partial charge in [-0.2, -0.15) is 0 Å². The summed E-state index contributed by atoms with van der Waals surface area (Å²) >= 11 is 3.36. The molecule has 1 aromatic carbocycles. The number of nitrogens with two attached hydrogens (primary N) is 1. The molecule has 68 valence electrons. The van der Waals surface area contributed by atoms with Gasteiger partial charge in [-0.05, 0) is 6.07 Å². The predicted molar refractivity (Wildman–Crippen MR) is 55.8 cm³/mol. The molecule has 0 aliphatic heterocycles. The van der Waals surface area contributed by atoms with E-state index < -0.39 is 5.91 Å². The average Bonchev–Trinajstić information content (AvgIpc) is 2.08. The van der Waals surface area contributed by atoms with Gasteiger partial charge < -0.3 is 5.73 Å². The van der Waals surface area contributed by atoms with Crippen LogP contribution < -0.4 is 5.73 Å². The summed E-state index contributed by atoms with van der Waals surface area (Å²) < 4.78 is 0.947. The first-order chi connectivity index (χ1) is 6.20. The van der Waals surface area contributed by atoms with Crippen LogP contribution in [0.4, 0.5) is 0 Å². The molecule has 0 aliphatic carbocycles. The highest BCUT2D eigenvalue weighted by atomic mass is 79.9. The first kappa shape index (κ1) is 9.92. The lowest BCUT2D eigenvalue weighted by atomic mass is 10.2. The van der Waals surface area contributed by atoms with Gasteiger partial charge in [-0.25, -0.2) is 0 Å². The van der Waals surface area contributed by atoms with Crippen LogP contribution in [-0.2, 0) is 4.79 Å². The minimum atomic E-state index is -0.427. The minimum absolute atomic E-state index is 0.0291. The fraction of sp³-hybridized carbons (Fsp3) is 0.111. The van der Waals surface area contributed by atoms with Crippen molar-refractivity contribution in [1.29, 1.82) is 0 Å². The third kappa shape index (κ3) is 3.38. The Morgan fingerprint density at radius 1 is 1.54 bits per heavy atom. The molecule has 0 aromatic heterocycles. The number of hydrogen-bond donors (Lipinski definition) is 1. The molecule has 0 heterocycles. The number of amides is 1. The summed E-state index contributed by atoms with van der Waals surface area (Å²) in [6.07, 6.45) is 1.62. The Hall–Kier alpha value is -1.16. The first-order valence-corrected chi connectivity index (χ1v) is 4.52. The molecular formula is C9H9BrN2O. The molecule has 13 heavy (non-hydrogen) atoms. The van der Waals surface area contributed by atoms with Gasteiger partial charge in [-0.1, -0.05) is 34.1 Å². The van der Waals surface area contributed by atoms with Crippen LogP contribution in [-0.4, -0.2) is 18.7 Å². The van der Waals surface area contributed by atoms with Crippen molar-refractivity contribution in [2.45, 2.75) is 0 Å². The number of halogens is 1. The van der Waals surface area contributed by atoms with Crippen molar-refractivity contribution in [3.05, 3.63) is 34.3 Å². The number of primary amides is 1. The molecular weight excluding hydrogens is 232 g/mol. The van der Waals surface area contributed by atoms with E-state index in [0.29, 0.717) is 0 Å². The summed E-state index contributed by atoms with van der Waals surface area (Å²) in [7, 11) is 0. The Balaban J connectivity index is 2.68. The molecule has 1 aromatic rings. The van der Waals surface area contributed by atoms with Gasteiger partial charge >= 0.3 is 0 Å². The summed E-state index contributed by atoms with van der Waals surface area (Å²) in [6, 6.07) is 7.62. The quantitative estimate of drug-likeness (QED) is 0.798. The number of hydrogen-bond acceptors (Lipinski definition) is 2. The molecule has 0 saturated heterocycles. The van der Waals surface area contributed by atoms with E-state index in [0.717, 1.165) is 10.0 Å². The number of nitrogens with zero attached hydrogens (tertiary/aromatic N) is 1. The van der Waals surface area contributed by atoms with Gasteiger partial charge in [0.15, 0.2) is 0 Å². The predicted octanol–water partition coefficient (Wildman–Crippen LogP) is 1.35. The van der Waals surface area contributed by atoms with Crippen molar-refractivity contribution in [3.63, 3.8) is 0 Å². The lowest BCUT2D eigenvalue weighted by Crippen LogP contribution is -2.14. The highest BCUT2D eigenvalue weighted by molar-refractivity contribution is 9.10. The van der Waals surface area contributed by atoms with Crippen molar-refractivity contribution in [2.75, 3.05) is 6.54 Å². The van der Waals surface area contributed by atoms with Gasteiger partial charge in [-0.3, -0.25) is 9.79 Å². The molecule has 4 heteroatoms. The fourth-order valence-electron chi connectivity index (χ4n) is 0.814. The summed E-state index contributed by atoms with van der Waals surface area (Å²) in [5.74, 6) is -0.427. The Bertz CT molecular complexity index is 336. The monoisotopic (exact) mass is 240 g/mol. The number of carbonyl (C=O) groups excluding carboxylic acids is 1. The second-order valence-corrected chi connectivity index (χ2v) is 3.31. The molecule has 0 spiro atoms. The Morgan fingerprint density at radius 3 is 2.85 bits per heavy atom. The van der Waals surface area contributed by atoms with E-state index in [9.17, 15) is 4.79 Å². The van der Waals surface area contributed by atoms with Crippen LogP contribution in [0.2, 0.25) is 0 Å². The van der Waals surface area contributed by atoms with Gasteiger partial charge in [0.1, 0.15) is 6.54 Å². The maximum absolute atomic E-state index is 10.4. The van der Waals surface area contributed by atoms with E-state index in [2.05, 4.69) is 20.9 Å². The van der Waals surface area contributed by atoms with Crippen LogP contribution >= 0.6 is 15.9 Å². The van der Waals surface area contributed by atoms with Gasteiger partial charge in [-0.15, -0.1) is 0 Å². The zero-order valence-corrected chi connectivity index (χ0v) is 8.49.